The van der Waals surface area contributed by atoms with Gasteiger partial charge in [-0.3, -0.25) is 0 Å². The molecule has 1 aromatic carbocycles. The highest BCUT2D eigenvalue weighted by Gasteiger charge is 2.13. The molecular formula is C15H21N3. The number of hydrogen-bond donors (Lipinski definition) is 2. The smallest absolute Gasteiger partial charge is 0.107 e. The number of aromatic nitrogens is 2. The van der Waals surface area contributed by atoms with Gasteiger partial charge in [0.15, 0.2) is 0 Å². The maximum Gasteiger partial charge on any atom is 0.107 e. The summed E-state index contributed by atoms with van der Waals surface area (Å²) in [5.74, 6) is 1.97. The van der Waals surface area contributed by atoms with Crippen LogP contribution < -0.4 is 5.32 Å². The lowest BCUT2D eigenvalue weighted by Crippen LogP contribution is -2.29. The van der Waals surface area contributed by atoms with Crippen molar-refractivity contribution in [3.8, 4) is 0 Å². The highest BCUT2D eigenvalue weighted by molar-refractivity contribution is 5.78. The van der Waals surface area contributed by atoms with Crippen LogP contribution in [0.3, 0.4) is 0 Å². The first kappa shape index (κ1) is 11.7. The fraction of sp³-hybridized carbons (Fsp3) is 0.533. The van der Waals surface area contributed by atoms with Crippen molar-refractivity contribution in [3.05, 3.63) is 29.6 Å². The minimum atomic E-state index is 0.827. The molecule has 0 saturated carbocycles. The van der Waals surface area contributed by atoms with E-state index in [0.717, 1.165) is 23.7 Å². The Kier molecular flexibility index (Phi) is 3.33. The number of nitrogens with zero attached hydrogens (tertiary/aromatic N) is 1. The summed E-state index contributed by atoms with van der Waals surface area (Å²) in [6.07, 6.45) is 5.00. The lowest BCUT2D eigenvalue weighted by molar-refractivity contribution is 0.356. The molecule has 1 saturated heterocycles. The summed E-state index contributed by atoms with van der Waals surface area (Å²) in [6, 6.07) is 6.32. The Hall–Kier alpha value is -1.35. The van der Waals surface area contributed by atoms with Gasteiger partial charge in [-0.05, 0) is 56.8 Å². The van der Waals surface area contributed by atoms with Gasteiger partial charge in [-0.15, -0.1) is 0 Å². The standard InChI is InChI=1S/C15H21N3/c1-11-4-2-6-13-15(11)18-14(17-13)8-7-12-5-3-9-16-10-12/h2,4,6,12,16H,3,5,7-10H2,1H3,(H,17,18). The van der Waals surface area contributed by atoms with Gasteiger partial charge in [0, 0.05) is 6.42 Å². The molecule has 2 aromatic rings. The summed E-state index contributed by atoms with van der Waals surface area (Å²) in [4.78, 5) is 8.17. The zero-order chi connectivity index (χ0) is 12.4. The molecule has 2 heterocycles. The molecular weight excluding hydrogens is 222 g/mol. The number of H-pyrrole nitrogens is 1. The Bertz CT molecular complexity index is 524. The Morgan fingerprint density at radius 3 is 3.11 bits per heavy atom. The first-order chi connectivity index (χ1) is 8.83. The van der Waals surface area contributed by atoms with Crippen LogP contribution in [0.4, 0.5) is 0 Å². The van der Waals surface area contributed by atoms with E-state index in [1.807, 2.05) is 0 Å². The van der Waals surface area contributed by atoms with Crippen LogP contribution in [-0.4, -0.2) is 23.1 Å². The molecule has 1 unspecified atom stereocenters. The van der Waals surface area contributed by atoms with Gasteiger partial charge < -0.3 is 10.3 Å². The van der Waals surface area contributed by atoms with Crippen molar-refractivity contribution in [1.82, 2.24) is 15.3 Å². The molecule has 96 valence electrons. The topological polar surface area (TPSA) is 40.7 Å². The number of fused-ring (bicyclic) bond motifs is 1. The quantitative estimate of drug-likeness (QED) is 0.870. The predicted octanol–water partition coefficient (Wildman–Crippen LogP) is 2.80. The zero-order valence-electron chi connectivity index (χ0n) is 11.0. The average Bonchev–Trinajstić information content (AvgIpc) is 2.82. The van der Waals surface area contributed by atoms with Crippen LogP contribution in [0.2, 0.25) is 0 Å². The normalized spacial score (nSPS) is 20.4. The van der Waals surface area contributed by atoms with E-state index in [0.29, 0.717) is 0 Å². The molecule has 1 aliphatic heterocycles. The number of rotatable bonds is 3. The molecule has 3 rings (SSSR count). The Labute approximate surface area is 108 Å². The average molecular weight is 243 g/mol. The highest BCUT2D eigenvalue weighted by Crippen LogP contribution is 2.19. The summed E-state index contributed by atoms with van der Waals surface area (Å²) in [7, 11) is 0. The van der Waals surface area contributed by atoms with Crippen molar-refractivity contribution in [2.75, 3.05) is 13.1 Å². The number of piperidine rings is 1. The number of imidazole rings is 1. The molecule has 3 nitrogen and oxygen atoms in total. The van der Waals surface area contributed by atoms with Crippen LogP contribution in [-0.2, 0) is 6.42 Å². The van der Waals surface area contributed by atoms with E-state index < -0.39 is 0 Å². The fourth-order valence-corrected chi connectivity index (χ4v) is 2.86. The maximum absolute atomic E-state index is 4.72. The third kappa shape index (κ3) is 2.41. The van der Waals surface area contributed by atoms with E-state index in [4.69, 9.17) is 4.98 Å². The second kappa shape index (κ2) is 5.11. The van der Waals surface area contributed by atoms with E-state index in [9.17, 15) is 0 Å². The van der Waals surface area contributed by atoms with Gasteiger partial charge >= 0.3 is 0 Å². The van der Waals surface area contributed by atoms with Crippen molar-refractivity contribution < 1.29 is 0 Å². The van der Waals surface area contributed by atoms with Gasteiger partial charge in [0.2, 0.25) is 0 Å². The number of aryl methyl sites for hydroxylation is 2. The minimum Gasteiger partial charge on any atom is -0.342 e. The first-order valence-electron chi connectivity index (χ1n) is 6.98. The minimum absolute atomic E-state index is 0.827. The second-order valence-electron chi connectivity index (χ2n) is 5.41. The molecule has 1 aromatic heterocycles. The van der Waals surface area contributed by atoms with Gasteiger partial charge in [-0.2, -0.15) is 0 Å². The van der Waals surface area contributed by atoms with Crippen LogP contribution in [0.5, 0.6) is 0 Å². The lowest BCUT2D eigenvalue weighted by atomic mass is 9.95. The Balaban J connectivity index is 1.69. The van der Waals surface area contributed by atoms with Gasteiger partial charge in [0.25, 0.3) is 0 Å². The van der Waals surface area contributed by atoms with E-state index in [1.54, 1.807) is 0 Å². The summed E-state index contributed by atoms with van der Waals surface area (Å²) in [5.41, 5.74) is 3.57. The molecule has 0 bridgehead atoms. The van der Waals surface area contributed by atoms with Gasteiger partial charge in [0.05, 0.1) is 11.0 Å². The van der Waals surface area contributed by atoms with E-state index in [2.05, 4.69) is 35.4 Å². The fourth-order valence-electron chi connectivity index (χ4n) is 2.86. The van der Waals surface area contributed by atoms with Crippen LogP contribution >= 0.6 is 0 Å². The predicted molar refractivity (Wildman–Crippen MR) is 74.7 cm³/mol. The van der Waals surface area contributed by atoms with Gasteiger partial charge in [-0.25, -0.2) is 4.98 Å². The van der Waals surface area contributed by atoms with Crippen LogP contribution in [0.1, 0.15) is 30.7 Å². The van der Waals surface area contributed by atoms with Crippen molar-refractivity contribution >= 4 is 11.0 Å². The maximum atomic E-state index is 4.72. The van der Waals surface area contributed by atoms with Crippen molar-refractivity contribution in [2.24, 2.45) is 5.92 Å². The third-order valence-electron chi connectivity index (χ3n) is 3.95. The van der Waals surface area contributed by atoms with Crippen LogP contribution in [0, 0.1) is 12.8 Å². The number of aromatic amines is 1. The largest absolute Gasteiger partial charge is 0.342 e. The number of nitrogens with one attached hydrogen (secondary N) is 2. The molecule has 18 heavy (non-hydrogen) atoms. The molecule has 2 N–H and O–H groups in total. The third-order valence-corrected chi connectivity index (χ3v) is 3.95. The number of hydrogen-bond acceptors (Lipinski definition) is 2. The monoisotopic (exact) mass is 243 g/mol. The zero-order valence-corrected chi connectivity index (χ0v) is 11.0. The van der Waals surface area contributed by atoms with Crippen LogP contribution in [0.15, 0.2) is 18.2 Å². The summed E-state index contributed by atoms with van der Waals surface area (Å²) >= 11 is 0. The molecule has 0 radical (unpaired) electrons. The molecule has 0 aliphatic carbocycles. The number of benzene rings is 1. The van der Waals surface area contributed by atoms with Crippen LogP contribution in [0.25, 0.3) is 11.0 Å². The molecule has 0 spiro atoms. The number of para-hydroxylation sites is 1. The molecule has 1 aliphatic rings. The Morgan fingerprint density at radius 1 is 1.39 bits per heavy atom. The van der Waals surface area contributed by atoms with Crippen molar-refractivity contribution in [3.63, 3.8) is 0 Å². The van der Waals surface area contributed by atoms with E-state index in [1.165, 1.54) is 43.4 Å². The molecule has 1 atom stereocenters. The van der Waals surface area contributed by atoms with E-state index >= 15 is 0 Å². The SMILES string of the molecule is Cc1cccc2[nH]c(CCC3CCCNC3)nc12. The van der Waals surface area contributed by atoms with Gasteiger partial charge in [-0.1, -0.05) is 12.1 Å². The summed E-state index contributed by atoms with van der Waals surface area (Å²) in [6.45, 7) is 4.50. The second-order valence-corrected chi connectivity index (χ2v) is 5.41. The molecule has 0 amide bonds. The molecule has 1 fully saturated rings. The van der Waals surface area contributed by atoms with Gasteiger partial charge in [0.1, 0.15) is 5.82 Å². The summed E-state index contributed by atoms with van der Waals surface area (Å²) < 4.78 is 0. The Morgan fingerprint density at radius 2 is 2.33 bits per heavy atom. The molecule has 3 heteroatoms. The highest BCUT2D eigenvalue weighted by atomic mass is 14.9. The lowest BCUT2D eigenvalue weighted by Gasteiger charge is -2.22. The van der Waals surface area contributed by atoms with E-state index in [-0.39, 0.29) is 0 Å². The van der Waals surface area contributed by atoms with Crippen molar-refractivity contribution in [2.45, 2.75) is 32.6 Å². The first-order valence-corrected chi connectivity index (χ1v) is 6.98. The van der Waals surface area contributed by atoms with Crippen molar-refractivity contribution in [1.29, 1.82) is 0 Å². The summed E-state index contributed by atoms with van der Waals surface area (Å²) in [5, 5.41) is 3.48.